The molecule has 0 saturated carbocycles. The molecule has 0 aliphatic heterocycles. The smallest absolute Gasteiger partial charge is 0.326 e. The highest BCUT2D eigenvalue weighted by Gasteiger charge is 2.24. The number of hydrogen-bond acceptors (Lipinski definition) is 6. The van der Waals surface area contributed by atoms with Crippen molar-refractivity contribution in [3.05, 3.63) is 76.5 Å². The van der Waals surface area contributed by atoms with Gasteiger partial charge in [-0.2, -0.15) is 0 Å². The van der Waals surface area contributed by atoms with Crippen molar-refractivity contribution in [2.75, 3.05) is 5.32 Å². The molecular formula is C27H24N4O6. The molecule has 3 aromatic carbocycles. The van der Waals surface area contributed by atoms with Gasteiger partial charge < -0.3 is 30.2 Å². The van der Waals surface area contributed by atoms with E-state index in [1.54, 1.807) is 25.1 Å². The Morgan fingerprint density at radius 3 is 2.59 bits per heavy atom. The van der Waals surface area contributed by atoms with Crippen LogP contribution in [0.4, 0.5) is 5.69 Å². The van der Waals surface area contributed by atoms with Crippen LogP contribution in [0.1, 0.15) is 30.3 Å². The lowest BCUT2D eigenvalue weighted by atomic mass is 10.0. The molecule has 0 bridgehead atoms. The molecular weight excluding hydrogens is 476 g/mol. The Morgan fingerprint density at radius 1 is 1.05 bits per heavy atom. The summed E-state index contributed by atoms with van der Waals surface area (Å²) >= 11 is 0. The summed E-state index contributed by atoms with van der Waals surface area (Å²) in [5, 5.41) is 35.8. The molecule has 5 aromatic rings. The summed E-state index contributed by atoms with van der Waals surface area (Å²) in [6.45, 7) is 2.20. The van der Waals surface area contributed by atoms with Gasteiger partial charge in [0.05, 0.1) is 10.9 Å². The number of nitrogens with zero attached hydrogens (tertiary/aromatic N) is 2. The fraction of sp³-hybridized carbons (Fsp3) is 0.185. The maximum Gasteiger partial charge on any atom is 0.326 e. The average Bonchev–Trinajstić information content (AvgIpc) is 3.17. The van der Waals surface area contributed by atoms with E-state index in [9.17, 15) is 24.6 Å². The van der Waals surface area contributed by atoms with E-state index in [1.807, 2.05) is 30.3 Å². The van der Waals surface area contributed by atoms with E-state index < -0.39 is 18.0 Å². The van der Waals surface area contributed by atoms with Crippen LogP contribution >= 0.6 is 0 Å². The summed E-state index contributed by atoms with van der Waals surface area (Å²) in [6.07, 6.45) is 1.03. The minimum Gasteiger partial charge on any atom is -0.494 e. The average molecular weight is 501 g/mol. The highest BCUT2D eigenvalue weighted by Crippen LogP contribution is 2.33. The second-order valence-electron chi connectivity index (χ2n) is 8.97. The number of anilines is 1. The predicted octanol–water partition coefficient (Wildman–Crippen LogP) is 4.15. The minimum atomic E-state index is -1.22. The standard InChI is InChI=1S/C27H24N4O6/c1-14-29-21-7-4-16-3-2-15(10-20(16)24(21)25(34)30-14)12-28-18-5-6-19-17(11-18)13-31(26(19)35)22(27(36)37)8-9-23(32)33/h2-7,10-11,13,22,28,35H,8-9,12H2,1H3,(H,32,33)(H,36,37)(H,29,30,34)/t22-/m0/s1. The SMILES string of the molecule is Cc1nc2ccc3ccc(CNc4ccc5c(O)n([C@@H](CCC(=O)O)C(=O)O)cc5c4)cc3c2c(=O)[nH]1. The number of aromatic nitrogens is 3. The van der Waals surface area contributed by atoms with Crippen LogP contribution < -0.4 is 10.9 Å². The summed E-state index contributed by atoms with van der Waals surface area (Å²) < 4.78 is 1.20. The normalized spacial score (nSPS) is 12.2. The van der Waals surface area contributed by atoms with Gasteiger partial charge in [0.25, 0.3) is 5.56 Å². The van der Waals surface area contributed by atoms with E-state index in [-0.39, 0.29) is 24.3 Å². The Labute approximate surface area is 209 Å². The molecule has 188 valence electrons. The zero-order valence-electron chi connectivity index (χ0n) is 19.9. The van der Waals surface area contributed by atoms with Crippen molar-refractivity contribution in [2.24, 2.45) is 0 Å². The van der Waals surface area contributed by atoms with Gasteiger partial charge in [-0.3, -0.25) is 9.59 Å². The number of hydrogen-bond donors (Lipinski definition) is 5. The highest BCUT2D eigenvalue weighted by molar-refractivity contribution is 6.05. The molecule has 0 amide bonds. The van der Waals surface area contributed by atoms with Gasteiger partial charge in [-0.25, -0.2) is 9.78 Å². The highest BCUT2D eigenvalue weighted by atomic mass is 16.4. The number of fused-ring (bicyclic) bond motifs is 4. The lowest BCUT2D eigenvalue weighted by molar-refractivity contribution is -0.142. The molecule has 0 spiro atoms. The second kappa shape index (κ2) is 9.30. The third-order valence-electron chi connectivity index (χ3n) is 6.44. The van der Waals surface area contributed by atoms with Crippen molar-refractivity contribution >= 4 is 50.1 Å². The molecule has 0 aliphatic carbocycles. The van der Waals surface area contributed by atoms with Gasteiger partial charge in [-0.15, -0.1) is 0 Å². The van der Waals surface area contributed by atoms with Crippen molar-refractivity contribution in [3.8, 4) is 5.88 Å². The number of rotatable bonds is 8. The molecule has 1 atom stereocenters. The number of aromatic amines is 1. The zero-order valence-corrected chi connectivity index (χ0v) is 19.9. The first-order valence-electron chi connectivity index (χ1n) is 11.7. The number of H-pyrrole nitrogens is 1. The predicted molar refractivity (Wildman–Crippen MR) is 139 cm³/mol. The lowest BCUT2D eigenvalue weighted by Gasteiger charge is -2.14. The van der Waals surface area contributed by atoms with Crippen LogP contribution in [0.5, 0.6) is 5.88 Å². The van der Waals surface area contributed by atoms with E-state index in [1.165, 1.54) is 10.8 Å². The number of aromatic hydroxyl groups is 1. The zero-order chi connectivity index (χ0) is 26.3. The van der Waals surface area contributed by atoms with E-state index in [2.05, 4.69) is 15.3 Å². The van der Waals surface area contributed by atoms with Gasteiger partial charge in [0.2, 0.25) is 0 Å². The van der Waals surface area contributed by atoms with Gasteiger partial charge in [-0.05, 0) is 60.0 Å². The monoisotopic (exact) mass is 500 g/mol. The number of benzene rings is 3. The third-order valence-corrected chi connectivity index (χ3v) is 6.44. The van der Waals surface area contributed by atoms with Gasteiger partial charge in [-0.1, -0.05) is 18.2 Å². The van der Waals surface area contributed by atoms with Crippen LogP contribution in [0.15, 0.2) is 59.5 Å². The summed E-state index contributed by atoms with van der Waals surface area (Å²) in [4.78, 5) is 42.5. The van der Waals surface area contributed by atoms with Gasteiger partial charge in [0.1, 0.15) is 11.9 Å². The largest absolute Gasteiger partial charge is 0.494 e. The number of carboxylic acids is 2. The van der Waals surface area contributed by atoms with Gasteiger partial charge >= 0.3 is 11.9 Å². The summed E-state index contributed by atoms with van der Waals surface area (Å²) in [6, 6.07) is 13.7. The lowest BCUT2D eigenvalue weighted by Crippen LogP contribution is -2.19. The van der Waals surface area contributed by atoms with Crippen molar-refractivity contribution < 1.29 is 24.9 Å². The Balaban J connectivity index is 1.42. The van der Waals surface area contributed by atoms with Crippen LogP contribution in [-0.2, 0) is 16.1 Å². The van der Waals surface area contributed by atoms with Crippen molar-refractivity contribution in [2.45, 2.75) is 32.4 Å². The van der Waals surface area contributed by atoms with E-state index in [0.29, 0.717) is 34.0 Å². The van der Waals surface area contributed by atoms with E-state index >= 15 is 0 Å². The van der Waals surface area contributed by atoms with E-state index in [4.69, 9.17) is 5.11 Å². The molecule has 0 fully saturated rings. The molecule has 0 saturated heterocycles. The fourth-order valence-electron chi connectivity index (χ4n) is 4.65. The Bertz CT molecular complexity index is 1750. The number of nitrogens with one attached hydrogen (secondary N) is 2. The van der Waals surface area contributed by atoms with Crippen LogP contribution in [-0.4, -0.2) is 41.8 Å². The van der Waals surface area contributed by atoms with Crippen molar-refractivity contribution in [1.82, 2.24) is 14.5 Å². The third kappa shape index (κ3) is 4.56. The molecule has 5 rings (SSSR count). The minimum absolute atomic E-state index is 0.154. The molecule has 0 radical (unpaired) electrons. The van der Waals surface area contributed by atoms with Crippen LogP contribution in [0.2, 0.25) is 0 Å². The number of carbonyl (C=O) groups is 2. The number of aryl methyl sites for hydroxylation is 1. The second-order valence-corrected chi connectivity index (χ2v) is 8.97. The summed E-state index contributed by atoms with van der Waals surface area (Å²) in [5.74, 6) is -1.99. The molecule has 10 heteroatoms. The Kier molecular flexibility index (Phi) is 6.00. The van der Waals surface area contributed by atoms with Gasteiger partial charge in [0.15, 0.2) is 5.88 Å². The van der Waals surface area contributed by atoms with Crippen molar-refractivity contribution in [1.29, 1.82) is 0 Å². The first-order valence-corrected chi connectivity index (χ1v) is 11.7. The number of aliphatic carboxylic acids is 2. The Morgan fingerprint density at radius 2 is 1.84 bits per heavy atom. The summed E-state index contributed by atoms with van der Waals surface area (Å²) in [5.41, 5.74) is 2.14. The Hall–Kier alpha value is -4.86. The molecule has 2 aromatic heterocycles. The molecule has 37 heavy (non-hydrogen) atoms. The quantitative estimate of drug-likeness (QED) is 0.199. The fourth-order valence-corrected chi connectivity index (χ4v) is 4.65. The molecule has 0 aliphatic rings. The van der Waals surface area contributed by atoms with Crippen LogP contribution in [0.25, 0.3) is 32.4 Å². The maximum atomic E-state index is 12.6. The molecule has 2 heterocycles. The van der Waals surface area contributed by atoms with E-state index in [0.717, 1.165) is 22.0 Å². The van der Waals surface area contributed by atoms with Crippen LogP contribution in [0.3, 0.4) is 0 Å². The first kappa shape index (κ1) is 23.9. The number of carboxylic acid groups (broad SMARTS) is 2. The summed E-state index contributed by atoms with van der Waals surface area (Å²) in [7, 11) is 0. The van der Waals surface area contributed by atoms with Gasteiger partial charge in [0, 0.05) is 35.6 Å². The maximum absolute atomic E-state index is 12.6. The molecule has 10 nitrogen and oxygen atoms in total. The molecule has 0 unspecified atom stereocenters. The van der Waals surface area contributed by atoms with Crippen molar-refractivity contribution in [3.63, 3.8) is 0 Å². The topological polar surface area (TPSA) is 158 Å². The first-order chi connectivity index (χ1) is 17.7. The molecule has 5 N–H and O–H groups in total. The van der Waals surface area contributed by atoms with Crippen LogP contribution in [0, 0.1) is 6.92 Å².